The molecule has 1 aliphatic rings. The summed E-state index contributed by atoms with van der Waals surface area (Å²) in [5, 5.41) is 3.02. The molecule has 2 aromatic carbocycles. The molecule has 1 amide bonds. The van der Waals surface area contributed by atoms with Crippen LogP contribution in [0.2, 0.25) is 0 Å². The van der Waals surface area contributed by atoms with Crippen molar-refractivity contribution >= 4 is 29.0 Å². The van der Waals surface area contributed by atoms with Crippen LogP contribution >= 0.6 is 11.8 Å². The predicted octanol–water partition coefficient (Wildman–Crippen LogP) is 1.76. The van der Waals surface area contributed by atoms with Crippen molar-refractivity contribution in [3.8, 4) is 5.75 Å². The largest absolute Gasteiger partial charge is 0.497 e. The van der Waals surface area contributed by atoms with Gasteiger partial charge in [-0.2, -0.15) is 0 Å². The maximum absolute atomic E-state index is 12.3. The number of benzene rings is 2. The van der Waals surface area contributed by atoms with Crippen molar-refractivity contribution in [2.45, 2.75) is 4.90 Å². The maximum atomic E-state index is 12.3. The van der Waals surface area contributed by atoms with Crippen LogP contribution < -0.4 is 19.9 Å². The van der Waals surface area contributed by atoms with Gasteiger partial charge in [-0.15, -0.1) is 11.8 Å². The Kier molecular flexibility index (Phi) is 6.41. The van der Waals surface area contributed by atoms with E-state index >= 15 is 0 Å². The van der Waals surface area contributed by atoms with E-state index in [-0.39, 0.29) is 5.91 Å². The molecule has 0 unspecified atom stereocenters. The lowest BCUT2D eigenvalue weighted by atomic mass is 10.2. The van der Waals surface area contributed by atoms with E-state index in [4.69, 9.17) is 4.74 Å². The third-order valence-electron chi connectivity index (χ3n) is 4.67. The minimum absolute atomic E-state index is 0.0798. The first-order chi connectivity index (χ1) is 12.7. The zero-order valence-electron chi connectivity index (χ0n) is 15.3. The molecule has 5 nitrogen and oxygen atoms in total. The van der Waals surface area contributed by atoms with Crippen LogP contribution in [0.3, 0.4) is 0 Å². The van der Waals surface area contributed by atoms with E-state index in [0.717, 1.165) is 42.5 Å². The van der Waals surface area contributed by atoms with Gasteiger partial charge in [0.05, 0.1) is 33.3 Å². The molecule has 3 rings (SSSR count). The first-order valence-corrected chi connectivity index (χ1v) is 10.1. The highest BCUT2D eigenvalue weighted by atomic mass is 32.2. The van der Waals surface area contributed by atoms with Gasteiger partial charge in [-0.25, -0.2) is 0 Å². The Morgan fingerprint density at radius 2 is 1.92 bits per heavy atom. The Bertz CT molecular complexity index is 728. The average Bonchev–Trinajstić information content (AvgIpc) is 2.69. The molecule has 0 spiro atoms. The maximum Gasteiger partial charge on any atom is 0.279 e. The highest BCUT2D eigenvalue weighted by Gasteiger charge is 2.22. The Morgan fingerprint density at radius 1 is 1.19 bits per heavy atom. The summed E-state index contributed by atoms with van der Waals surface area (Å²) in [4.78, 5) is 17.2. The number of thioether (sulfide) groups is 1. The fourth-order valence-electron chi connectivity index (χ4n) is 3.18. The molecule has 1 aliphatic heterocycles. The number of amides is 1. The van der Waals surface area contributed by atoms with Gasteiger partial charge in [0, 0.05) is 16.3 Å². The Labute approximate surface area is 159 Å². The second-order valence-corrected chi connectivity index (χ2v) is 7.27. The van der Waals surface area contributed by atoms with Crippen LogP contribution in [0.5, 0.6) is 5.75 Å². The van der Waals surface area contributed by atoms with Crippen LogP contribution in [-0.4, -0.2) is 52.0 Å². The minimum atomic E-state index is 0.0798. The van der Waals surface area contributed by atoms with Gasteiger partial charge in [-0.1, -0.05) is 6.07 Å². The highest BCUT2D eigenvalue weighted by molar-refractivity contribution is 7.98. The summed E-state index contributed by atoms with van der Waals surface area (Å²) in [5.41, 5.74) is 2.08. The molecular formula is C20H26N3O2S+. The van der Waals surface area contributed by atoms with Gasteiger partial charge in [0.1, 0.15) is 5.75 Å². The lowest BCUT2D eigenvalue weighted by Gasteiger charge is -2.33. The molecule has 138 valence electrons. The smallest absolute Gasteiger partial charge is 0.279 e. The number of nitrogens with one attached hydrogen (secondary N) is 2. The number of rotatable bonds is 6. The van der Waals surface area contributed by atoms with Crippen LogP contribution in [0.25, 0.3) is 0 Å². The molecule has 1 saturated heterocycles. The Morgan fingerprint density at radius 3 is 2.58 bits per heavy atom. The van der Waals surface area contributed by atoms with Crippen LogP contribution in [0, 0.1) is 0 Å². The van der Waals surface area contributed by atoms with Gasteiger partial charge < -0.3 is 19.9 Å². The lowest BCUT2D eigenvalue weighted by Crippen LogP contribution is -3.15. The summed E-state index contributed by atoms with van der Waals surface area (Å²) in [6.45, 7) is 4.35. The van der Waals surface area contributed by atoms with E-state index in [1.54, 1.807) is 18.9 Å². The van der Waals surface area contributed by atoms with Crippen LogP contribution in [0.4, 0.5) is 11.4 Å². The molecule has 0 radical (unpaired) electrons. The number of carbonyl (C=O) groups is 1. The number of nitrogens with zero attached hydrogens (tertiary/aromatic N) is 1. The molecule has 0 saturated carbocycles. The van der Waals surface area contributed by atoms with Crippen LogP contribution in [-0.2, 0) is 4.79 Å². The first kappa shape index (κ1) is 18.6. The van der Waals surface area contributed by atoms with Crippen molar-refractivity contribution in [3.05, 3.63) is 48.5 Å². The molecule has 0 aliphatic carbocycles. The van der Waals surface area contributed by atoms with E-state index in [9.17, 15) is 4.79 Å². The van der Waals surface area contributed by atoms with Crippen molar-refractivity contribution in [1.29, 1.82) is 0 Å². The summed E-state index contributed by atoms with van der Waals surface area (Å²) >= 11 is 1.68. The number of carbonyl (C=O) groups excluding carboxylic acids is 1. The van der Waals surface area contributed by atoms with Gasteiger partial charge >= 0.3 is 0 Å². The van der Waals surface area contributed by atoms with Crippen molar-refractivity contribution in [2.24, 2.45) is 0 Å². The quantitative estimate of drug-likeness (QED) is 0.759. The lowest BCUT2D eigenvalue weighted by molar-refractivity contribution is -0.892. The molecule has 1 fully saturated rings. The Hall–Kier alpha value is -2.18. The second-order valence-electron chi connectivity index (χ2n) is 6.39. The normalized spacial score (nSPS) is 14.9. The third-order valence-corrected chi connectivity index (χ3v) is 5.40. The average molecular weight is 373 g/mol. The van der Waals surface area contributed by atoms with Gasteiger partial charge in [0.25, 0.3) is 5.91 Å². The van der Waals surface area contributed by atoms with Gasteiger partial charge in [0.2, 0.25) is 0 Å². The standard InChI is InChI=1S/C20H25N3O2S/c1-25-18-8-6-17(7-9-18)23-12-10-22(11-13-23)15-20(24)21-16-4-3-5-19(14-16)26-2/h3-9,14H,10-13,15H2,1-2H3,(H,21,24)/p+1. The number of anilines is 2. The molecule has 1 heterocycles. The summed E-state index contributed by atoms with van der Waals surface area (Å²) in [6, 6.07) is 16.1. The van der Waals surface area contributed by atoms with Crippen molar-refractivity contribution in [2.75, 3.05) is 56.3 Å². The van der Waals surface area contributed by atoms with E-state index < -0.39 is 0 Å². The molecule has 2 N–H and O–H groups in total. The van der Waals surface area contributed by atoms with E-state index in [0.29, 0.717) is 6.54 Å². The molecule has 26 heavy (non-hydrogen) atoms. The number of methoxy groups -OCH3 is 1. The molecule has 6 heteroatoms. The summed E-state index contributed by atoms with van der Waals surface area (Å²) in [5.74, 6) is 0.955. The minimum Gasteiger partial charge on any atom is -0.497 e. The van der Waals surface area contributed by atoms with Crippen LogP contribution in [0.1, 0.15) is 0 Å². The van der Waals surface area contributed by atoms with E-state index in [2.05, 4.69) is 22.3 Å². The number of hydrogen-bond donors (Lipinski definition) is 2. The van der Waals surface area contributed by atoms with E-state index in [1.807, 2.05) is 42.7 Å². The zero-order valence-corrected chi connectivity index (χ0v) is 16.1. The van der Waals surface area contributed by atoms with Crippen LogP contribution in [0.15, 0.2) is 53.4 Å². The van der Waals surface area contributed by atoms with Crippen molar-refractivity contribution < 1.29 is 14.4 Å². The summed E-state index contributed by atoms with van der Waals surface area (Å²) in [7, 11) is 1.68. The van der Waals surface area contributed by atoms with Crippen molar-refractivity contribution in [1.82, 2.24) is 0 Å². The molecule has 0 bridgehead atoms. The van der Waals surface area contributed by atoms with Crippen molar-refractivity contribution in [3.63, 3.8) is 0 Å². The third kappa shape index (κ3) is 4.93. The highest BCUT2D eigenvalue weighted by Crippen LogP contribution is 2.19. The fourth-order valence-corrected chi connectivity index (χ4v) is 3.64. The van der Waals surface area contributed by atoms with E-state index in [1.165, 1.54) is 10.6 Å². The second kappa shape index (κ2) is 8.96. The number of hydrogen-bond acceptors (Lipinski definition) is 4. The number of ether oxygens (including phenoxy) is 1. The molecule has 2 aromatic rings. The molecular weight excluding hydrogens is 346 g/mol. The monoisotopic (exact) mass is 372 g/mol. The SMILES string of the molecule is COc1ccc(N2CC[NH+](CC(=O)Nc3cccc(SC)c3)CC2)cc1. The van der Waals surface area contributed by atoms with Gasteiger partial charge in [-0.05, 0) is 48.7 Å². The predicted molar refractivity (Wildman–Crippen MR) is 108 cm³/mol. The van der Waals surface area contributed by atoms with Gasteiger partial charge in [-0.3, -0.25) is 4.79 Å². The topological polar surface area (TPSA) is 46.0 Å². The Balaban J connectivity index is 1.47. The summed E-state index contributed by atoms with van der Waals surface area (Å²) < 4.78 is 5.21. The fraction of sp³-hybridized carbons (Fsp3) is 0.350. The number of piperazine rings is 1. The zero-order chi connectivity index (χ0) is 18.4. The number of quaternary nitrogens is 1. The summed E-state index contributed by atoms with van der Waals surface area (Å²) in [6.07, 6.45) is 2.04. The molecule has 0 atom stereocenters. The molecule has 0 aromatic heterocycles. The first-order valence-electron chi connectivity index (χ1n) is 8.84. The van der Waals surface area contributed by atoms with Gasteiger partial charge in [0.15, 0.2) is 6.54 Å².